The highest BCUT2D eigenvalue weighted by Gasteiger charge is 2.01. The second kappa shape index (κ2) is 2.44. The van der Waals surface area contributed by atoms with Crippen LogP contribution in [0.3, 0.4) is 0 Å². The molecule has 0 fully saturated rings. The molecule has 0 radical (unpaired) electrons. The number of rotatable bonds is 0. The molecule has 2 aromatic rings. The molecule has 0 aliphatic heterocycles. The molecule has 1 aromatic heterocycles. The van der Waals surface area contributed by atoms with Gasteiger partial charge in [0.1, 0.15) is 5.82 Å². The zero-order valence-corrected chi connectivity index (χ0v) is 6.29. The van der Waals surface area contributed by atoms with E-state index in [1.165, 1.54) is 6.07 Å². The van der Waals surface area contributed by atoms with E-state index in [9.17, 15) is 4.39 Å². The van der Waals surface area contributed by atoms with Crippen molar-refractivity contribution in [1.29, 1.82) is 0 Å². The molecule has 12 heavy (non-hydrogen) atoms. The summed E-state index contributed by atoms with van der Waals surface area (Å²) in [6.07, 6.45) is 3.22. The second-order valence-corrected chi connectivity index (χ2v) is 2.56. The van der Waals surface area contributed by atoms with Crippen molar-refractivity contribution in [3.8, 4) is 0 Å². The molecule has 0 bridgehead atoms. The van der Waals surface area contributed by atoms with Crippen molar-refractivity contribution in [3.05, 3.63) is 36.4 Å². The SMILES string of the molecule is Nc1c(F)ccc2ccncc12. The monoisotopic (exact) mass is 162 g/mol. The molecule has 0 spiro atoms. The first kappa shape index (κ1) is 7.03. The summed E-state index contributed by atoms with van der Waals surface area (Å²) in [5.41, 5.74) is 5.67. The van der Waals surface area contributed by atoms with E-state index >= 15 is 0 Å². The topological polar surface area (TPSA) is 38.9 Å². The minimum absolute atomic E-state index is 0.167. The standard InChI is InChI=1S/C9H7FN2/c10-8-2-1-6-3-4-12-5-7(6)9(8)11/h1-5H,11H2. The molecule has 3 heteroatoms. The largest absolute Gasteiger partial charge is 0.396 e. The van der Waals surface area contributed by atoms with Gasteiger partial charge in [-0.2, -0.15) is 0 Å². The minimum Gasteiger partial charge on any atom is -0.396 e. The Bertz CT molecular complexity index is 426. The number of nitrogens with zero attached hydrogens (tertiary/aromatic N) is 1. The van der Waals surface area contributed by atoms with E-state index in [-0.39, 0.29) is 5.69 Å². The highest BCUT2D eigenvalue weighted by atomic mass is 19.1. The van der Waals surface area contributed by atoms with E-state index in [1.807, 2.05) is 0 Å². The molecule has 0 aliphatic rings. The number of benzene rings is 1. The highest BCUT2D eigenvalue weighted by molar-refractivity contribution is 5.92. The van der Waals surface area contributed by atoms with E-state index in [0.29, 0.717) is 5.39 Å². The van der Waals surface area contributed by atoms with Crippen molar-refractivity contribution < 1.29 is 4.39 Å². The Morgan fingerprint density at radius 3 is 2.92 bits per heavy atom. The molecule has 0 atom stereocenters. The maximum absolute atomic E-state index is 12.9. The van der Waals surface area contributed by atoms with Gasteiger partial charge in [-0.15, -0.1) is 0 Å². The van der Waals surface area contributed by atoms with Crippen LogP contribution in [0.25, 0.3) is 10.8 Å². The predicted molar refractivity (Wildman–Crippen MR) is 46.1 cm³/mol. The van der Waals surface area contributed by atoms with E-state index in [0.717, 1.165) is 5.39 Å². The summed E-state index contributed by atoms with van der Waals surface area (Å²) in [6.45, 7) is 0. The lowest BCUT2D eigenvalue weighted by Crippen LogP contribution is -1.91. The lowest BCUT2D eigenvalue weighted by molar-refractivity contribution is 0.634. The molecular weight excluding hydrogens is 155 g/mol. The smallest absolute Gasteiger partial charge is 0.146 e. The summed E-state index contributed by atoms with van der Waals surface area (Å²) in [6, 6.07) is 4.84. The van der Waals surface area contributed by atoms with Gasteiger partial charge in [-0.05, 0) is 17.5 Å². The Balaban J connectivity index is 2.91. The molecule has 0 aliphatic carbocycles. The molecule has 0 unspecified atom stereocenters. The first-order chi connectivity index (χ1) is 5.79. The lowest BCUT2D eigenvalue weighted by Gasteiger charge is -2.00. The maximum atomic E-state index is 12.9. The number of nitrogen functional groups attached to an aromatic ring is 1. The summed E-state index contributed by atoms with van der Waals surface area (Å²) < 4.78 is 12.9. The number of hydrogen-bond donors (Lipinski definition) is 1. The van der Waals surface area contributed by atoms with Crippen molar-refractivity contribution in [3.63, 3.8) is 0 Å². The molecule has 2 N–H and O–H groups in total. The second-order valence-electron chi connectivity index (χ2n) is 2.56. The van der Waals surface area contributed by atoms with Crippen molar-refractivity contribution >= 4 is 16.5 Å². The van der Waals surface area contributed by atoms with Gasteiger partial charge in [-0.1, -0.05) is 6.07 Å². The van der Waals surface area contributed by atoms with Crippen molar-refractivity contribution in [1.82, 2.24) is 4.98 Å². The van der Waals surface area contributed by atoms with Gasteiger partial charge in [0, 0.05) is 17.8 Å². The van der Waals surface area contributed by atoms with E-state index in [1.54, 1.807) is 24.5 Å². The number of nitrogens with two attached hydrogens (primary N) is 1. The van der Waals surface area contributed by atoms with Crippen LogP contribution in [0.2, 0.25) is 0 Å². The Kier molecular flexibility index (Phi) is 1.43. The van der Waals surface area contributed by atoms with Crippen LogP contribution >= 0.6 is 0 Å². The molecular formula is C9H7FN2. The van der Waals surface area contributed by atoms with Gasteiger partial charge in [0.2, 0.25) is 0 Å². The number of halogens is 1. The van der Waals surface area contributed by atoms with Gasteiger partial charge in [0.05, 0.1) is 5.69 Å². The van der Waals surface area contributed by atoms with Crippen molar-refractivity contribution in [2.75, 3.05) is 5.73 Å². The van der Waals surface area contributed by atoms with Crippen LogP contribution in [-0.2, 0) is 0 Å². The molecule has 1 heterocycles. The summed E-state index contributed by atoms with van der Waals surface area (Å²) in [5, 5.41) is 1.57. The average molecular weight is 162 g/mol. The van der Waals surface area contributed by atoms with E-state index < -0.39 is 5.82 Å². The first-order valence-electron chi connectivity index (χ1n) is 3.57. The fraction of sp³-hybridized carbons (Fsp3) is 0. The summed E-state index contributed by atoms with van der Waals surface area (Å²) in [4.78, 5) is 3.87. The molecule has 2 nitrogen and oxygen atoms in total. The highest BCUT2D eigenvalue weighted by Crippen LogP contribution is 2.21. The summed E-state index contributed by atoms with van der Waals surface area (Å²) >= 11 is 0. The zero-order chi connectivity index (χ0) is 8.55. The minimum atomic E-state index is -0.393. The number of anilines is 1. The average Bonchev–Trinajstić information content (AvgIpc) is 2.12. The number of pyridine rings is 1. The molecule has 0 amide bonds. The Morgan fingerprint density at radius 2 is 2.08 bits per heavy atom. The molecule has 0 saturated carbocycles. The lowest BCUT2D eigenvalue weighted by atomic mass is 10.1. The third-order valence-electron chi connectivity index (χ3n) is 1.81. The number of fused-ring (bicyclic) bond motifs is 1. The van der Waals surface area contributed by atoms with Crippen molar-refractivity contribution in [2.24, 2.45) is 0 Å². The van der Waals surface area contributed by atoms with Crippen LogP contribution < -0.4 is 5.73 Å². The zero-order valence-electron chi connectivity index (χ0n) is 6.29. The predicted octanol–water partition coefficient (Wildman–Crippen LogP) is 1.96. The van der Waals surface area contributed by atoms with Gasteiger partial charge in [0.15, 0.2) is 0 Å². The van der Waals surface area contributed by atoms with Crippen LogP contribution in [0.15, 0.2) is 30.6 Å². The third-order valence-corrected chi connectivity index (χ3v) is 1.81. The van der Waals surface area contributed by atoms with Gasteiger partial charge < -0.3 is 5.73 Å². The third kappa shape index (κ3) is 0.906. The Morgan fingerprint density at radius 1 is 1.25 bits per heavy atom. The van der Waals surface area contributed by atoms with Gasteiger partial charge >= 0.3 is 0 Å². The van der Waals surface area contributed by atoms with Crippen LogP contribution in [0, 0.1) is 5.82 Å². The normalized spacial score (nSPS) is 10.4. The van der Waals surface area contributed by atoms with Crippen LogP contribution in [-0.4, -0.2) is 4.98 Å². The summed E-state index contributed by atoms with van der Waals surface area (Å²) in [7, 11) is 0. The van der Waals surface area contributed by atoms with Crippen LogP contribution in [0.4, 0.5) is 10.1 Å². The van der Waals surface area contributed by atoms with Crippen molar-refractivity contribution in [2.45, 2.75) is 0 Å². The Labute approximate surface area is 68.8 Å². The van der Waals surface area contributed by atoms with E-state index in [2.05, 4.69) is 4.98 Å². The van der Waals surface area contributed by atoms with Crippen LogP contribution in [0.1, 0.15) is 0 Å². The summed E-state index contributed by atoms with van der Waals surface area (Å²) in [5.74, 6) is -0.393. The van der Waals surface area contributed by atoms with E-state index in [4.69, 9.17) is 5.73 Å². The number of hydrogen-bond acceptors (Lipinski definition) is 2. The molecule has 0 saturated heterocycles. The Hall–Kier alpha value is -1.64. The van der Waals surface area contributed by atoms with Gasteiger partial charge in [-0.3, -0.25) is 4.98 Å². The quantitative estimate of drug-likeness (QED) is 0.601. The maximum Gasteiger partial charge on any atom is 0.146 e. The number of aromatic nitrogens is 1. The molecule has 2 rings (SSSR count). The van der Waals surface area contributed by atoms with Gasteiger partial charge in [0.25, 0.3) is 0 Å². The van der Waals surface area contributed by atoms with Crippen LogP contribution in [0.5, 0.6) is 0 Å². The molecule has 60 valence electrons. The fourth-order valence-corrected chi connectivity index (χ4v) is 1.16. The van der Waals surface area contributed by atoms with Gasteiger partial charge in [-0.25, -0.2) is 4.39 Å². The first-order valence-corrected chi connectivity index (χ1v) is 3.57. The fourth-order valence-electron chi connectivity index (χ4n) is 1.16. The molecule has 1 aromatic carbocycles.